The average Bonchev–Trinajstić information content (AvgIpc) is 2.79. The molecule has 0 amide bonds. The molecular formula is C12H22N4. The van der Waals surface area contributed by atoms with Gasteiger partial charge < -0.3 is 10.3 Å². The van der Waals surface area contributed by atoms with Crippen molar-refractivity contribution in [3.63, 3.8) is 0 Å². The summed E-state index contributed by atoms with van der Waals surface area (Å²) in [5, 5.41) is 8.29. The Morgan fingerprint density at radius 2 is 2.06 bits per heavy atom. The van der Waals surface area contributed by atoms with Gasteiger partial charge in [0.05, 0.1) is 0 Å². The second-order valence-corrected chi connectivity index (χ2v) is 4.69. The van der Waals surface area contributed by atoms with Crippen LogP contribution in [0.15, 0.2) is 6.33 Å². The minimum Gasteiger partial charge on any atom is -0.330 e. The van der Waals surface area contributed by atoms with Gasteiger partial charge in [0.15, 0.2) is 0 Å². The molecule has 0 spiro atoms. The Balaban J connectivity index is 1.94. The number of nitrogens with two attached hydrogens (primary N) is 1. The summed E-state index contributed by atoms with van der Waals surface area (Å²) < 4.78 is 2.30. The van der Waals surface area contributed by atoms with Gasteiger partial charge in [0.1, 0.15) is 12.2 Å². The molecule has 2 rings (SSSR count). The Bertz CT molecular complexity index is 302. The predicted molar refractivity (Wildman–Crippen MR) is 64.1 cm³/mol. The van der Waals surface area contributed by atoms with E-state index in [1.54, 1.807) is 0 Å². The number of hydrogen-bond acceptors (Lipinski definition) is 3. The highest BCUT2D eigenvalue weighted by molar-refractivity contribution is 4.90. The second kappa shape index (κ2) is 5.99. The lowest BCUT2D eigenvalue weighted by Gasteiger charge is -2.23. The van der Waals surface area contributed by atoms with Crippen molar-refractivity contribution in [2.24, 2.45) is 5.73 Å². The fourth-order valence-corrected chi connectivity index (χ4v) is 2.54. The first-order valence-corrected chi connectivity index (χ1v) is 6.50. The average molecular weight is 222 g/mol. The van der Waals surface area contributed by atoms with Gasteiger partial charge in [-0.15, -0.1) is 10.2 Å². The molecule has 2 N–H and O–H groups in total. The molecule has 0 aliphatic heterocycles. The second-order valence-electron chi connectivity index (χ2n) is 4.69. The molecule has 1 aromatic rings. The van der Waals surface area contributed by atoms with Crippen molar-refractivity contribution in [1.29, 1.82) is 0 Å². The zero-order chi connectivity index (χ0) is 11.2. The van der Waals surface area contributed by atoms with Gasteiger partial charge in [-0.1, -0.05) is 19.3 Å². The van der Waals surface area contributed by atoms with Crippen LogP contribution in [0.3, 0.4) is 0 Å². The third kappa shape index (κ3) is 2.82. The van der Waals surface area contributed by atoms with E-state index in [0.717, 1.165) is 31.6 Å². The van der Waals surface area contributed by atoms with Crippen LogP contribution in [0.25, 0.3) is 0 Å². The Hall–Kier alpha value is -0.900. The number of nitrogens with zero attached hydrogens (tertiary/aromatic N) is 3. The monoisotopic (exact) mass is 222 g/mol. The zero-order valence-corrected chi connectivity index (χ0v) is 9.94. The van der Waals surface area contributed by atoms with Gasteiger partial charge in [-0.2, -0.15) is 0 Å². The quantitative estimate of drug-likeness (QED) is 0.776. The van der Waals surface area contributed by atoms with E-state index in [1.807, 2.05) is 6.33 Å². The summed E-state index contributed by atoms with van der Waals surface area (Å²) in [7, 11) is 0. The maximum Gasteiger partial charge on any atom is 0.133 e. The van der Waals surface area contributed by atoms with Gasteiger partial charge in [0.2, 0.25) is 0 Å². The van der Waals surface area contributed by atoms with Crippen molar-refractivity contribution in [2.75, 3.05) is 6.54 Å². The molecule has 0 bridgehead atoms. The van der Waals surface area contributed by atoms with Crippen LogP contribution in [0.5, 0.6) is 0 Å². The van der Waals surface area contributed by atoms with E-state index in [-0.39, 0.29) is 0 Å². The largest absolute Gasteiger partial charge is 0.330 e. The SMILES string of the molecule is NCCCCc1nncn1C1CCCCC1. The fourth-order valence-electron chi connectivity index (χ4n) is 2.54. The third-order valence-electron chi connectivity index (χ3n) is 3.47. The molecule has 1 aromatic heterocycles. The van der Waals surface area contributed by atoms with E-state index in [2.05, 4.69) is 14.8 Å². The molecule has 0 radical (unpaired) electrons. The highest BCUT2D eigenvalue weighted by atomic mass is 15.3. The van der Waals surface area contributed by atoms with Gasteiger partial charge >= 0.3 is 0 Å². The van der Waals surface area contributed by atoms with Crippen molar-refractivity contribution >= 4 is 0 Å². The molecule has 1 aliphatic carbocycles. The first kappa shape index (κ1) is 11.6. The van der Waals surface area contributed by atoms with Crippen LogP contribution in [-0.4, -0.2) is 21.3 Å². The van der Waals surface area contributed by atoms with Crippen molar-refractivity contribution in [3.05, 3.63) is 12.2 Å². The lowest BCUT2D eigenvalue weighted by molar-refractivity contribution is 0.344. The van der Waals surface area contributed by atoms with Crippen LogP contribution in [0.1, 0.15) is 56.8 Å². The number of unbranched alkanes of at least 4 members (excludes halogenated alkanes) is 1. The van der Waals surface area contributed by atoms with Crippen molar-refractivity contribution in [1.82, 2.24) is 14.8 Å². The Labute approximate surface area is 97.2 Å². The molecule has 0 saturated heterocycles. The summed E-state index contributed by atoms with van der Waals surface area (Å²) in [6, 6.07) is 0.650. The van der Waals surface area contributed by atoms with Gasteiger partial charge in [0, 0.05) is 12.5 Å². The van der Waals surface area contributed by atoms with E-state index in [1.165, 1.54) is 32.1 Å². The molecule has 0 unspecified atom stereocenters. The van der Waals surface area contributed by atoms with E-state index < -0.39 is 0 Å². The van der Waals surface area contributed by atoms with Crippen molar-refractivity contribution < 1.29 is 0 Å². The smallest absolute Gasteiger partial charge is 0.133 e. The molecule has 90 valence electrons. The van der Waals surface area contributed by atoms with E-state index in [4.69, 9.17) is 5.73 Å². The molecule has 0 aromatic carbocycles. The third-order valence-corrected chi connectivity index (χ3v) is 3.47. The van der Waals surface area contributed by atoms with Crippen molar-refractivity contribution in [2.45, 2.75) is 57.4 Å². The van der Waals surface area contributed by atoms with Crippen LogP contribution in [0, 0.1) is 0 Å². The minimum absolute atomic E-state index is 0.650. The first-order chi connectivity index (χ1) is 7.92. The molecule has 4 heteroatoms. The van der Waals surface area contributed by atoms with Crippen LogP contribution in [-0.2, 0) is 6.42 Å². The molecule has 0 atom stereocenters. The van der Waals surface area contributed by atoms with Crippen LogP contribution < -0.4 is 5.73 Å². The van der Waals surface area contributed by atoms with Crippen LogP contribution >= 0.6 is 0 Å². The number of aryl methyl sites for hydroxylation is 1. The standard InChI is InChI=1S/C12H22N4/c13-9-5-4-8-12-15-14-10-16(12)11-6-2-1-3-7-11/h10-11H,1-9,13H2. The van der Waals surface area contributed by atoms with E-state index >= 15 is 0 Å². The van der Waals surface area contributed by atoms with Gasteiger partial charge in [0.25, 0.3) is 0 Å². The van der Waals surface area contributed by atoms with Crippen molar-refractivity contribution in [3.8, 4) is 0 Å². The summed E-state index contributed by atoms with van der Waals surface area (Å²) >= 11 is 0. The molecular weight excluding hydrogens is 200 g/mol. The highest BCUT2D eigenvalue weighted by Crippen LogP contribution is 2.28. The topological polar surface area (TPSA) is 56.7 Å². The maximum atomic E-state index is 5.51. The summed E-state index contributed by atoms with van der Waals surface area (Å²) in [4.78, 5) is 0. The highest BCUT2D eigenvalue weighted by Gasteiger charge is 2.17. The lowest BCUT2D eigenvalue weighted by atomic mass is 9.95. The van der Waals surface area contributed by atoms with E-state index in [0.29, 0.717) is 6.04 Å². The maximum absolute atomic E-state index is 5.51. The zero-order valence-electron chi connectivity index (χ0n) is 9.94. The van der Waals surface area contributed by atoms with Gasteiger partial charge in [-0.25, -0.2) is 0 Å². The molecule has 1 heterocycles. The Morgan fingerprint density at radius 1 is 1.25 bits per heavy atom. The molecule has 4 nitrogen and oxygen atoms in total. The molecule has 1 aliphatic rings. The van der Waals surface area contributed by atoms with E-state index in [9.17, 15) is 0 Å². The van der Waals surface area contributed by atoms with Crippen LogP contribution in [0.2, 0.25) is 0 Å². The Morgan fingerprint density at radius 3 is 2.81 bits per heavy atom. The minimum atomic E-state index is 0.650. The summed E-state index contributed by atoms with van der Waals surface area (Å²) in [5.41, 5.74) is 5.51. The predicted octanol–water partition coefficient (Wildman–Crippen LogP) is 2.06. The molecule has 1 fully saturated rings. The fraction of sp³-hybridized carbons (Fsp3) is 0.833. The number of hydrogen-bond donors (Lipinski definition) is 1. The van der Waals surface area contributed by atoms with Gasteiger partial charge in [-0.05, 0) is 32.2 Å². The lowest BCUT2D eigenvalue weighted by Crippen LogP contribution is -2.15. The number of aromatic nitrogens is 3. The van der Waals surface area contributed by atoms with Crippen LogP contribution in [0.4, 0.5) is 0 Å². The molecule has 16 heavy (non-hydrogen) atoms. The number of rotatable bonds is 5. The molecule has 1 saturated carbocycles. The van der Waals surface area contributed by atoms with Gasteiger partial charge in [-0.3, -0.25) is 0 Å². The summed E-state index contributed by atoms with van der Waals surface area (Å²) in [6.07, 6.45) is 11.8. The Kier molecular flexibility index (Phi) is 4.34. The normalized spacial score (nSPS) is 17.8. The first-order valence-electron chi connectivity index (χ1n) is 6.50. The summed E-state index contributed by atoms with van der Waals surface area (Å²) in [5.74, 6) is 1.15. The summed E-state index contributed by atoms with van der Waals surface area (Å²) in [6.45, 7) is 0.775.